The van der Waals surface area contributed by atoms with Gasteiger partial charge in [-0.05, 0) is 50.6 Å². The number of halogens is 1. The summed E-state index contributed by atoms with van der Waals surface area (Å²) in [6.45, 7) is 3.64. The molecule has 0 spiro atoms. The van der Waals surface area contributed by atoms with Gasteiger partial charge in [0, 0.05) is 12.1 Å². The normalized spacial score (nSPS) is 14.9. The van der Waals surface area contributed by atoms with E-state index in [9.17, 15) is 4.39 Å². The largest absolute Gasteiger partial charge is 0.490 e. The van der Waals surface area contributed by atoms with Crippen LogP contribution in [0.4, 0.5) is 4.39 Å². The lowest BCUT2D eigenvalue weighted by Crippen LogP contribution is -2.22. The standard InChI is InChI=1S/C16H20FNO2/c17-15-7-6-14(5-3-11-19)13-16(15)20-12-4-10-18-8-1-2-9-18/h6-7,13,19H,1-2,4,8-12H2. The lowest BCUT2D eigenvalue weighted by molar-refractivity contribution is 0.256. The summed E-state index contributed by atoms with van der Waals surface area (Å²) in [5.74, 6) is 5.14. The van der Waals surface area contributed by atoms with E-state index in [1.165, 1.54) is 32.0 Å². The molecule has 0 saturated carbocycles. The fourth-order valence-corrected chi connectivity index (χ4v) is 2.31. The summed E-state index contributed by atoms with van der Waals surface area (Å²) in [7, 11) is 0. The second-order valence-corrected chi connectivity index (χ2v) is 4.86. The molecule has 4 heteroatoms. The lowest BCUT2D eigenvalue weighted by Gasteiger charge is -2.14. The molecule has 1 N–H and O–H groups in total. The zero-order chi connectivity index (χ0) is 14.2. The van der Waals surface area contributed by atoms with E-state index in [-0.39, 0.29) is 18.2 Å². The Morgan fingerprint density at radius 3 is 2.85 bits per heavy atom. The molecule has 1 aromatic carbocycles. The Bertz CT molecular complexity index is 487. The molecule has 0 amide bonds. The number of nitrogens with zero attached hydrogens (tertiary/aromatic N) is 1. The number of aliphatic hydroxyl groups excluding tert-OH is 1. The SMILES string of the molecule is OCC#Cc1ccc(F)c(OCCCN2CCCC2)c1. The Morgan fingerprint density at radius 2 is 2.10 bits per heavy atom. The van der Waals surface area contributed by atoms with Crippen molar-refractivity contribution in [2.24, 2.45) is 0 Å². The molecular weight excluding hydrogens is 257 g/mol. The van der Waals surface area contributed by atoms with Crippen LogP contribution in [0.2, 0.25) is 0 Å². The topological polar surface area (TPSA) is 32.7 Å². The highest BCUT2D eigenvalue weighted by molar-refractivity contribution is 5.40. The van der Waals surface area contributed by atoms with Crippen LogP contribution >= 0.6 is 0 Å². The summed E-state index contributed by atoms with van der Waals surface area (Å²) in [6, 6.07) is 4.50. The molecule has 0 atom stereocenters. The van der Waals surface area contributed by atoms with Crippen LogP contribution in [-0.2, 0) is 0 Å². The monoisotopic (exact) mass is 277 g/mol. The van der Waals surface area contributed by atoms with Crippen molar-refractivity contribution in [1.82, 2.24) is 4.90 Å². The maximum Gasteiger partial charge on any atom is 0.165 e. The van der Waals surface area contributed by atoms with Crippen LogP contribution < -0.4 is 4.74 Å². The smallest absolute Gasteiger partial charge is 0.165 e. The van der Waals surface area contributed by atoms with E-state index in [0.29, 0.717) is 12.2 Å². The van der Waals surface area contributed by atoms with Crippen molar-refractivity contribution in [2.75, 3.05) is 32.8 Å². The number of likely N-dealkylation sites (tertiary alicyclic amines) is 1. The highest BCUT2D eigenvalue weighted by atomic mass is 19.1. The molecule has 3 nitrogen and oxygen atoms in total. The Hall–Kier alpha value is -1.57. The molecule has 1 heterocycles. The minimum Gasteiger partial charge on any atom is -0.490 e. The van der Waals surface area contributed by atoms with Crippen LogP contribution in [-0.4, -0.2) is 42.9 Å². The maximum atomic E-state index is 13.6. The van der Waals surface area contributed by atoms with Crippen molar-refractivity contribution < 1.29 is 14.2 Å². The average Bonchev–Trinajstić information content (AvgIpc) is 2.97. The van der Waals surface area contributed by atoms with E-state index in [2.05, 4.69) is 16.7 Å². The first-order valence-corrected chi connectivity index (χ1v) is 7.04. The van der Waals surface area contributed by atoms with Gasteiger partial charge in [0.2, 0.25) is 0 Å². The van der Waals surface area contributed by atoms with Gasteiger partial charge in [-0.15, -0.1) is 0 Å². The van der Waals surface area contributed by atoms with Gasteiger partial charge in [-0.3, -0.25) is 0 Å². The van der Waals surface area contributed by atoms with Crippen molar-refractivity contribution in [1.29, 1.82) is 0 Å². The predicted molar refractivity (Wildman–Crippen MR) is 76.1 cm³/mol. The molecule has 1 saturated heterocycles. The third-order valence-electron chi connectivity index (χ3n) is 3.32. The maximum absolute atomic E-state index is 13.6. The third-order valence-corrected chi connectivity index (χ3v) is 3.32. The van der Waals surface area contributed by atoms with Crippen molar-refractivity contribution in [3.8, 4) is 17.6 Å². The van der Waals surface area contributed by atoms with E-state index in [0.717, 1.165) is 13.0 Å². The highest BCUT2D eigenvalue weighted by Crippen LogP contribution is 2.18. The van der Waals surface area contributed by atoms with Crippen LogP contribution in [0.1, 0.15) is 24.8 Å². The molecule has 0 bridgehead atoms. The summed E-state index contributed by atoms with van der Waals surface area (Å²) in [4.78, 5) is 2.41. The first-order valence-electron chi connectivity index (χ1n) is 7.04. The summed E-state index contributed by atoms with van der Waals surface area (Å²) in [5.41, 5.74) is 0.648. The molecule has 1 aromatic rings. The summed E-state index contributed by atoms with van der Waals surface area (Å²) < 4.78 is 19.1. The Kier molecular flexibility index (Phi) is 5.85. The summed E-state index contributed by atoms with van der Waals surface area (Å²) in [5, 5.41) is 8.65. The van der Waals surface area contributed by atoms with Crippen LogP contribution in [0.15, 0.2) is 18.2 Å². The van der Waals surface area contributed by atoms with Crippen LogP contribution in [0.3, 0.4) is 0 Å². The van der Waals surface area contributed by atoms with Crippen molar-refractivity contribution >= 4 is 0 Å². The van der Waals surface area contributed by atoms with Crippen LogP contribution in [0.25, 0.3) is 0 Å². The highest BCUT2D eigenvalue weighted by Gasteiger charge is 2.10. The molecule has 20 heavy (non-hydrogen) atoms. The Morgan fingerprint density at radius 1 is 1.30 bits per heavy atom. The van der Waals surface area contributed by atoms with E-state index in [1.807, 2.05) is 0 Å². The Labute approximate surface area is 119 Å². The second-order valence-electron chi connectivity index (χ2n) is 4.86. The van der Waals surface area contributed by atoms with Gasteiger partial charge in [0.05, 0.1) is 6.61 Å². The van der Waals surface area contributed by atoms with Gasteiger partial charge < -0.3 is 14.7 Å². The summed E-state index contributed by atoms with van der Waals surface area (Å²) in [6.07, 6.45) is 3.45. The molecule has 0 radical (unpaired) electrons. The van der Waals surface area contributed by atoms with Gasteiger partial charge in [0.1, 0.15) is 6.61 Å². The molecule has 1 aliphatic rings. The molecular formula is C16H20FNO2. The fourth-order valence-electron chi connectivity index (χ4n) is 2.31. The van der Waals surface area contributed by atoms with Gasteiger partial charge >= 0.3 is 0 Å². The van der Waals surface area contributed by atoms with E-state index < -0.39 is 0 Å². The second kappa shape index (κ2) is 7.88. The third kappa shape index (κ3) is 4.52. The van der Waals surface area contributed by atoms with E-state index in [1.54, 1.807) is 12.1 Å². The van der Waals surface area contributed by atoms with Crippen molar-refractivity contribution in [2.45, 2.75) is 19.3 Å². The number of ether oxygens (including phenoxy) is 1. The molecule has 108 valence electrons. The van der Waals surface area contributed by atoms with E-state index >= 15 is 0 Å². The van der Waals surface area contributed by atoms with Crippen molar-refractivity contribution in [3.63, 3.8) is 0 Å². The zero-order valence-corrected chi connectivity index (χ0v) is 11.6. The first-order chi connectivity index (χ1) is 9.79. The number of hydrogen-bond acceptors (Lipinski definition) is 3. The first kappa shape index (κ1) is 14.8. The van der Waals surface area contributed by atoms with Gasteiger partial charge in [-0.1, -0.05) is 11.8 Å². The molecule has 1 aliphatic heterocycles. The van der Waals surface area contributed by atoms with Gasteiger partial charge in [0.25, 0.3) is 0 Å². The molecule has 0 aliphatic carbocycles. The van der Waals surface area contributed by atoms with Gasteiger partial charge in [-0.25, -0.2) is 4.39 Å². The van der Waals surface area contributed by atoms with Gasteiger partial charge in [-0.2, -0.15) is 0 Å². The number of rotatable bonds is 5. The predicted octanol–water partition coefficient (Wildman–Crippen LogP) is 2.03. The van der Waals surface area contributed by atoms with E-state index in [4.69, 9.17) is 9.84 Å². The average molecular weight is 277 g/mol. The fraction of sp³-hybridized carbons (Fsp3) is 0.500. The molecule has 0 unspecified atom stereocenters. The van der Waals surface area contributed by atoms with Crippen LogP contribution in [0.5, 0.6) is 5.75 Å². The molecule has 2 rings (SSSR count). The number of hydrogen-bond donors (Lipinski definition) is 1. The number of aliphatic hydroxyl groups is 1. The summed E-state index contributed by atoms with van der Waals surface area (Å²) >= 11 is 0. The van der Waals surface area contributed by atoms with Crippen LogP contribution in [0, 0.1) is 17.7 Å². The lowest BCUT2D eigenvalue weighted by atomic mass is 10.2. The molecule has 1 fully saturated rings. The zero-order valence-electron chi connectivity index (χ0n) is 11.6. The minimum absolute atomic E-state index is 0.205. The van der Waals surface area contributed by atoms with Gasteiger partial charge in [0.15, 0.2) is 11.6 Å². The van der Waals surface area contributed by atoms with Crippen molar-refractivity contribution in [3.05, 3.63) is 29.6 Å². The quantitative estimate of drug-likeness (QED) is 0.660. The molecule has 0 aromatic heterocycles. The number of benzene rings is 1. The Balaban J connectivity index is 1.81. The minimum atomic E-state index is -0.374.